The number of hydrogen-bond donors (Lipinski definition) is 0. The second-order valence-electron chi connectivity index (χ2n) is 6.11. The molecule has 0 unspecified atom stereocenters. The first kappa shape index (κ1) is 17.8. The summed E-state index contributed by atoms with van der Waals surface area (Å²) >= 11 is 1.56. The lowest BCUT2D eigenvalue weighted by atomic mass is 10.0. The largest absolute Gasteiger partial charge is 0.497 e. The summed E-state index contributed by atoms with van der Waals surface area (Å²) in [6, 6.07) is 19.4. The van der Waals surface area contributed by atoms with E-state index in [0.29, 0.717) is 6.42 Å². The lowest BCUT2D eigenvalue weighted by molar-refractivity contribution is 0.370. The topological polar surface area (TPSA) is 59.0 Å². The fourth-order valence-electron chi connectivity index (χ4n) is 3.08. The summed E-state index contributed by atoms with van der Waals surface area (Å²) in [5, 5.41) is 6.49. The van der Waals surface area contributed by atoms with Gasteiger partial charge in [0.1, 0.15) is 5.75 Å². The van der Waals surface area contributed by atoms with Crippen molar-refractivity contribution in [3.8, 4) is 5.75 Å². The van der Waals surface area contributed by atoms with Gasteiger partial charge in [-0.3, -0.25) is 0 Å². The quantitative estimate of drug-likeness (QED) is 0.644. The molecule has 0 spiro atoms. The zero-order chi connectivity index (χ0) is 18.9. The molecule has 138 valence electrons. The minimum Gasteiger partial charge on any atom is -0.497 e. The second-order valence-corrected chi connectivity index (χ2v) is 8.85. The zero-order valence-corrected chi connectivity index (χ0v) is 16.3. The molecule has 3 aromatic rings. The van der Waals surface area contributed by atoms with E-state index in [0.717, 1.165) is 21.9 Å². The Labute approximate surface area is 162 Å². The monoisotopic (exact) mass is 398 g/mol. The Bertz CT molecular complexity index is 1040. The van der Waals surface area contributed by atoms with Gasteiger partial charge in [-0.25, -0.2) is 0 Å². The molecule has 0 N–H and O–H groups in total. The highest BCUT2D eigenvalue weighted by atomic mass is 32.2. The van der Waals surface area contributed by atoms with Gasteiger partial charge in [0, 0.05) is 6.42 Å². The second kappa shape index (κ2) is 7.17. The predicted octanol–water partition coefficient (Wildman–Crippen LogP) is 4.30. The van der Waals surface area contributed by atoms with Crippen molar-refractivity contribution in [2.24, 2.45) is 5.10 Å². The van der Waals surface area contributed by atoms with Gasteiger partial charge in [-0.05, 0) is 41.3 Å². The van der Waals surface area contributed by atoms with Crippen LogP contribution >= 0.6 is 11.3 Å². The maximum atomic E-state index is 13.3. The van der Waals surface area contributed by atoms with Crippen LogP contribution in [0.15, 0.2) is 82.1 Å². The molecule has 0 saturated carbocycles. The summed E-state index contributed by atoms with van der Waals surface area (Å²) < 4.78 is 33.0. The van der Waals surface area contributed by atoms with Crippen LogP contribution in [0.4, 0.5) is 0 Å². The summed E-state index contributed by atoms with van der Waals surface area (Å²) in [6.07, 6.45) is 0.527. The van der Waals surface area contributed by atoms with Crippen molar-refractivity contribution in [2.45, 2.75) is 17.4 Å². The number of methoxy groups -OCH3 is 1. The van der Waals surface area contributed by atoms with E-state index in [2.05, 4.69) is 5.10 Å². The van der Waals surface area contributed by atoms with Crippen molar-refractivity contribution in [1.82, 2.24) is 4.41 Å². The van der Waals surface area contributed by atoms with E-state index in [1.54, 1.807) is 48.8 Å². The van der Waals surface area contributed by atoms with Crippen molar-refractivity contribution in [3.63, 3.8) is 0 Å². The Hall–Kier alpha value is -2.64. The van der Waals surface area contributed by atoms with E-state index in [1.807, 2.05) is 41.8 Å². The Morgan fingerprint density at radius 3 is 2.41 bits per heavy atom. The zero-order valence-electron chi connectivity index (χ0n) is 14.6. The third-order valence-corrected chi connectivity index (χ3v) is 7.08. The van der Waals surface area contributed by atoms with E-state index >= 15 is 0 Å². The number of benzene rings is 2. The smallest absolute Gasteiger partial charge is 0.279 e. The molecule has 7 heteroatoms. The third-order valence-electron chi connectivity index (χ3n) is 4.47. The average molecular weight is 399 g/mol. The van der Waals surface area contributed by atoms with Gasteiger partial charge in [-0.2, -0.15) is 17.9 Å². The molecular formula is C20H18N2O3S2. The number of nitrogens with zero attached hydrogens (tertiary/aromatic N) is 2. The molecule has 0 bridgehead atoms. The Morgan fingerprint density at radius 1 is 1.04 bits per heavy atom. The summed E-state index contributed by atoms with van der Waals surface area (Å²) in [4.78, 5) is 1.22. The van der Waals surface area contributed by atoms with Crippen molar-refractivity contribution in [1.29, 1.82) is 0 Å². The normalized spacial score (nSPS) is 17.0. The van der Waals surface area contributed by atoms with E-state index < -0.39 is 16.1 Å². The number of thiophene rings is 1. The molecule has 1 aliphatic heterocycles. The van der Waals surface area contributed by atoms with Crippen LogP contribution in [0.25, 0.3) is 0 Å². The first-order chi connectivity index (χ1) is 13.1. The molecule has 1 aromatic heterocycles. The van der Waals surface area contributed by atoms with E-state index in [4.69, 9.17) is 4.74 Å². The molecule has 0 amide bonds. The van der Waals surface area contributed by atoms with Crippen molar-refractivity contribution < 1.29 is 13.2 Å². The highest BCUT2D eigenvalue weighted by Gasteiger charge is 2.37. The fraction of sp³-hybridized carbons (Fsp3) is 0.150. The van der Waals surface area contributed by atoms with Gasteiger partial charge in [0.05, 0.1) is 28.6 Å². The molecule has 4 rings (SSSR count). The number of hydrogen-bond acceptors (Lipinski definition) is 5. The van der Waals surface area contributed by atoms with Crippen molar-refractivity contribution in [3.05, 3.63) is 82.6 Å². The van der Waals surface area contributed by atoms with Crippen molar-refractivity contribution >= 4 is 27.1 Å². The lowest BCUT2D eigenvalue weighted by Crippen LogP contribution is -2.27. The van der Waals surface area contributed by atoms with Crippen LogP contribution in [0, 0.1) is 0 Å². The van der Waals surface area contributed by atoms with Crippen LogP contribution in [-0.4, -0.2) is 25.7 Å². The molecule has 5 nitrogen and oxygen atoms in total. The maximum absolute atomic E-state index is 13.3. The number of ether oxygens (including phenoxy) is 1. The first-order valence-electron chi connectivity index (χ1n) is 8.44. The van der Waals surface area contributed by atoms with Gasteiger partial charge in [0.25, 0.3) is 10.0 Å². The van der Waals surface area contributed by atoms with Crippen LogP contribution in [-0.2, 0) is 10.0 Å². The van der Waals surface area contributed by atoms with Gasteiger partial charge in [0.2, 0.25) is 0 Å². The Morgan fingerprint density at radius 2 is 1.78 bits per heavy atom. The van der Waals surface area contributed by atoms with Crippen LogP contribution in [0.2, 0.25) is 0 Å². The molecule has 1 atom stereocenters. The number of sulfonamides is 1. The fourth-order valence-corrected chi connectivity index (χ4v) is 5.25. The summed E-state index contributed by atoms with van der Waals surface area (Å²) in [6.45, 7) is 0. The minimum atomic E-state index is -3.76. The average Bonchev–Trinajstić information content (AvgIpc) is 3.39. The third kappa shape index (κ3) is 3.36. The van der Waals surface area contributed by atoms with Crippen molar-refractivity contribution in [2.75, 3.05) is 7.11 Å². The summed E-state index contributed by atoms with van der Waals surface area (Å²) in [5.74, 6) is 0.730. The lowest BCUT2D eigenvalue weighted by Gasteiger charge is -2.23. The van der Waals surface area contributed by atoms with Gasteiger partial charge in [-0.15, -0.1) is 11.3 Å². The van der Waals surface area contributed by atoms with Crippen LogP contribution in [0.5, 0.6) is 5.75 Å². The molecule has 0 fully saturated rings. The summed E-state index contributed by atoms with van der Waals surface area (Å²) in [7, 11) is -2.15. The molecule has 27 heavy (non-hydrogen) atoms. The van der Waals surface area contributed by atoms with Crippen LogP contribution < -0.4 is 4.74 Å². The molecule has 0 saturated heterocycles. The van der Waals surface area contributed by atoms with Gasteiger partial charge in [0.15, 0.2) is 0 Å². The van der Waals surface area contributed by atoms with Gasteiger partial charge in [-0.1, -0.05) is 36.4 Å². The van der Waals surface area contributed by atoms with E-state index in [1.165, 1.54) is 4.41 Å². The molecule has 1 aliphatic rings. The number of rotatable bonds is 5. The van der Waals surface area contributed by atoms with Crippen LogP contribution in [0.3, 0.4) is 0 Å². The van der Waals surface area contributed by atoms with E-state index in [9.17, 15) is 8.42 Å². The molecule has 0 aliphatic carbocycles. The van der Waals surface area contributed by atoms with Crippen LogP contribution in [0.1, 0.15) is 22.9 Å². The molecule has 2 heterocycles. The highest BCUT2D eigenvalue weighted by molar-refractivity contribution is 7.89. The predicted molar refractivity (Wildman–Crippen MR) is 107 cm³/mol. The summed E-state index contributed by atoms with van der Waals surface area (Å²) in [5.41, 5.74) is 1.66. The van der Waals surface area contributed by atoms with E-state index in [-0.39, 0.29) is 4.90 Å². The molecule has 2 aromatic carbocycles. The highest BCUT2D eigenvalue weighted by Crippen LogP contribution is 2.38. The minimum absolute atomic E-state index is 0.236. The molecular weight excluding hydrogens is 380 g/mol. The standard InChI is InChI=1S/C20H18N2O3S2/c1-25-16-11-9-15(10-12-16)19-14-18(20-8-5-13-26-20)21-22(19)27(23,24)17-6-3-2-4-7-17/h2-13,19H,14H2,1H3/t19-/m1/s1. The maximum Gasteiger partial charge on any atom is 0.279 e. The Kier molecular flexibility index (Phi) is 4.72. The SMILES string of the molecule is COc1ccc([C@H]2CC(c3cccs3)=NN2S(=O)(=O)c2ccccc2)cc1. The Balaban J connectivity index is 1.77. The first-order valence-corrected chi connectivity index (χ1v) is 10.8. The molecule has 0 radical (unpaired) electrons. The van der Waals surface area contributed by atoms with Gasteiger partial charge < -0.3 is 4.74 Å². The van der Waals surface area contributed by atoms with Gasteiger partial charge >= 0.3 is 0 Å². The number of hydrazone groups is 1.